The van der Waals surface area contributed by atoms with Crippen LogP contribution in [0.3, 0.4) is 0 Å². The van der Waals surface area contributed by atoms with Crippen molar-refractivity contribution >= 4 is 21.8 Å². The van der Waals surface area contributed by atoms with Crippen molar-refractivity contribution in [2.75, 3.05) is 0 Å². The molecular weight excluding hydrogens is 372 g/mol. The number of carbonyl (C=O) groups is 2. The largest absolute Gasteiger partial charge is 0.460 e. The Balaban J connectivity index is 1.81. The van der Waals surface area contributed by atoms with Gasteiger partial charge in [-0.1, -0.05) is 42.5 Å². The van der Waals surface area contributed by atoms with Gasteiger partial charge in [0.25, 0.3) is 0 Å². The molecule has 2 aromatic carbocycles. The van der Waals surface area contributed by atoms with Crippen molar-refractivity contribution in [3.8, 4) is 0 Å². The van der Waals surface area contributed by atoms with E-state index in [0.717, 1.165) is 0 Å². The molecule has 3 rings (SSSR count). The van der Waals surface area contributed by atoms with Gasteiger partial charge in [-0.05, 0) is 17.7 Å². The summed E-state index contributed by atoms with van der Waals surface area (Å²) in [5.74, 6) is -4.03. The summed E-state index contributed by atoms with van der Waals surface area (Å²) in [6.07, 6.45) is -2.41. The van der Waals surface area contributed by atoms with E-state index >= 15 is 0 Å². The molecule has 140 valence electrons. The number of carbonyl (C=O) groups excluding carboxylic acids is 2. The Labute approximate surface area is 159 Å². The van der Waals surface area contributed by atoms with Gasteiger partial charge in [0.15, 0.2) is 8.90 Å². The molecule has 0 aliphatic carbocycles. The summed E-state index contributed by atoms with van der Waals surface area (Å²) in [4.78, 5) is 24.3. The van der Waals surface area contributed by atoms with Gasteiger partial charge in [-0.3, -0.25) is 9.59 Å². The molecule has 0 saturated carbocycles. The van der Waals surface area contributed by atoms with Crippen LogP contribution in [0.15, 0.2) is 66.2 Å². The van der Waals surface area contributed by atoms with Crippen molar-refractivity contribution in [1.82, 2.24) is 0 Å². The predicted octanol–water partition coefficient (Wildman–Crippen LogP) is 1.10. The average molecular weight is 391 g/mol. The zero-order chi connectivity index (χ0) is 22.1. The van der Waals surface area contributed by atoms with Crippen LogP contribution in [0.4, 0.5) is 0 Å². The van der Waals surface area contributed by atoms with Crippen LogP contribution in [0.25, 0.3) is 0 Å². The molecule has 0 aromatic heterocycles. The van der Waals surface area contributed by atoms with E-state index in [-0.39, 0.29) is 16.8 Å². The second kappa shape index (κ2) is 7.12. The first kappa shape index (κ1) is 14.8. The van der Waals surface area contributed by atoms with Gasteiger partial charge in [0.2, 0.25) is 23.3 Å². The molecule has 0 fully saturated rings. The maximum Gasteiger partial charge on any atom is 0.313 e. The number of hydrogen-bond acceptors (Lipinski definition) is 7. The molecule has 1 aliphatic rings. The number of amides is 1. The Hall–Kier alpha value is -3.33. The molecule has 1 amide bonds. The van der Waals surface area contributed by atoms with Crippen molar-refractivity contribution in [2.24, 2.45) is 11.5 Å². The van der Waals surface area contributed by atoms with Gasteiger partial charge in [-0.15, -0.1) is 0 Å². The van der Waals surface area contributed by atoms with Crippen molar-refractivity contribution in [1.29, 1.82) is 0 Å². The minimum absolute atomic E-state index is 0.0272. The highest BCUT2D eigenvalue weighted by atomic mass is 32.2. The number of ketones is 1. The molecular formula is C18H16N2O6S. The van der Waals surface area contributed by atoms with Crippen LogP contribution < -0.4 is 11.5 Å². The summed E-state index contributed by atoms with van der Waals surface area (Å²) in [7, 11) is -4.26. The van der Waals surface area contributed by atoms with Crippen molar-refractivity contribution < 1.29 is 31.1 Å². The number of Topliss-reactive ketones (excluding diaryl/α,β-unsaturated/α-hetero) is 1. The number of primary amides is 1. The third-order valence-electron chi connectivity index (χ3n) is 3.64. The Morgan fingerprint density at radius 1 is 1.19 bits per heavy atom. The Morgan fingerprint density at radius 2 is 1.85 bits per heavy atom. The van der Waals surface area contributed by atoms with Crippen LogP contribution in [-0.2, 0) is 29.6 Å². The topological polar surface area (TPSA) is 139 Å². The highest BCUT2D eigenvalue weighted by Gasteiger charge is 2.39. The molecule has 8 nitrogen and oxygen atoms in total. The first-order chi connectivity index (χ1) is 14.0. The number of nitrogens with two attached hydrogens (primary N) is 2. The molecule has 1 aliphatic heterocycles. The quantitative estimate of drug-likeness (QED) is 0.703. The van der Waals surface area contributed by atoms with E-state index in [1.165, 1.54) is 24.3 Å². The highest BCUT2D eigenvalue weighted by molar-refractivity contribution is 7.86. The summed E-state index contributed by atoms with van der Waals surface area (Å²) >= 11 is 0. The Bertz CT molecular complexity index is 1120. The van der Waals surface area contributed by atoms with Crippen molar-refractivity contribution in [3.63, 3.8) is 0 Å². The number of ether oxygens (including phenoxy) is 1. The summed E-state index contributed by atoms with van der Waals surface area (Å²) in [5.41, 5.74) is 5.85. The average Bonchev–Trinajstić information content (AvgIpc) is 2.91. The van der Waals surface area contributed by atoms with Gasteiger partial charge in [0, 0.05) is 11.1 Å². The molecule has 1 atom stereocenters. The van der Waals surface area contributed by atoms with E-state index in [9.17, 15) is 18.0 Å². The SMILES string of the molecule is [2H]N([2H])C(=O)c1ccc(C2([2H])OC(N)=C(OS(=O)(=O)Cc3ccccc3)C2=O)cc1. The number of hydrogen-bond donors (Lipinski definition) is 2. The predicted molar refractivity (Wildman–Crippen MR) is 95.2 cm³/mol. The summed E-state index contributed by atoms with van der Waals surface area (Å²) in [6, 6.07) is 12.9. The Kier molecular flexibility index (Phi) is 3.90. The molecule has 2 aromatic rings. The summed E-state index contributed by atoms with van der Waals surface area (Å²) < 4.78 is 56.9. The maximum atomic E-state index is 12.7. The molecule has 9 heteroatoms. The number of rotatable bonds is 6. The molecule has 1 heterocycles. The van der Waals surface area contributed by atoms with Gasteiger partial charge in [-0.2, -0.15) is 8.42 Å². The van der Waals surface area contributed by atoms with E-state index in [2.05, 4.69) is 0 Å². The summed E-state index contributed by atoms with van der Waals surface area (Å²) in [5, 5.41) is 0. The molecule has 0 radical (unpaired) electrons. The monoisotopic (exact) mass is 391 g/mol. The molecule has 0 bridgehead atoms. The zero-order valence-corrected chi connectivity index (χ0v) is 14.6. The normalized spacial score (nSPS) is 21.0. The van der Waals surface area contributed by atoms with Crippen molar-refractivity contribution in [3.05, 3.63) is 82.9 Å². The smallest absolute Gasteiger partial charge is 0.313 e. The standard InChI is InChI=1S/C18H16N2O6S/c19-17(22)13-8-6-12(7-9-13)15-14(21)16(18(20)25-15)26-27(23,24)10-11-4-2-1-3-5-11/h1-9,15H,10,20H2,(H2,19,22)/i15D/hD2. The fourth-order valence-electron chi connectivity index (χ4n) is 2.39. The van der Waals surface area contributed by atoms with Crippen LogP contribution >= 0.6 is 0 Å². The fourth-order valence-corrected chi connectivity index (χ4v) is 3.46. The molecule has 4 N–H and O–H groups in total. The lowest BCUT2D eigenvalue weighted by atomic mass is 10.0. The molecule has 0 spiro atoms. The van der Waals surface area contributed by atoms with E-state index in [1.807, 2.05) is 0 Å². The van der Waals surface area contributed by atoms with Gasteiger partial charge in [0.05, 0.1) is 1.37 Å². The summed E-state index contributed by atoms with van der Waals surface area (Å²) in [6.45, 7) is 0. The van der Waals surface area contributed by atoms with Gasteiger partial charge in [-0.25, -0.2) is 0 Å². The van der Waals surface area contributed by atoms with Crippen LogP contribution in [0, 0.1) is 0 Å². The van der Waals surface area contributed by atoms with E-state index in [0.29, 0.717) is 5.56 Å². The molecule has 27 heavy (non-hydrogen) atoms. The lowest BCUT2D eigenvalue weighted by molar-refractivity contribution is -0.123. The lowest BCUT2D eigenvalue weighted by Crippen LogP contribution is -2.16. The van der Waals surface area contributed by atoms with E-state index in [4.69, 9.17) is 18.8 Å². The van der Waals surface area contributed by atoms with Crippen molar-refractivity contribution in [2.45, 2.75) is 11.8 Å². The third-order valence-corrected chi connectivity index (χ3v) is 4.75. The molecule has 0 saturated heterocycles. The highest BCUT2D eigenvalue weighted by Crippen LogP contribution is 2.32. The lowest BCUT2D eigenvalue weighted by Gasteiger charge is -2.10. The second-order valence-corrected chi connectivity index (χ2v) is 7.18. The second-order valence-electron chi connectivity index (χ2n) is 5.61. The molecule has 1 unspecified atom stereocenters. The Morgan fingerprint density at radius 3 is 2.48 bits per heavy atom. The fraction of sp³-hybridized carbons (Fsp3) is 0.111. The minimum atomic E-state index is -4.26. The third kappa shape index (κ3) is 4.09. The number of benzene rings is 2. The maximum absolute atomic E-state index is 12.7. The van der Waals surface area contributed by atoms with Gasteiger partial charge in [0.1, 0.15) is 5.75 Å². The zero-order valence-electron chi connectivity index (χ0n) is 16.8. The van der Waals surface area contributed by atoms with Crippen LogP contribution in [0.2, 0.25) is 2.82 Å². The van der Waals surface area contributed by atoms with Crippen LogP contribution in [0.5, 0.6) is 0 Å². The van der Waals surface area contributed by atoms with Crippen LogP contribution in [0.1, 0.15) is 28.9 Å². The van der Waals surface area contributed by atoms with E-state index in [1.54, 1.807) is 30.3 Å². The van der Waals surface area contributed by atoms with Crippen LogP contribution in [-0.4, -0.2) is 20.1 Å². The van der Waals surface area contributed by atoms with Gasteiger partial charge >= 0.3 is 10.1 Å². The first-order valence-corrected chi connectivity index (χ1v) is 9.23. The van der Waals surface area contributed by atoms with E-state index < -0.39 is 45.3 Å². The minimum Gasteiger partial charge on any atom is -0.460 e. The first-order valence-electron chi connectivity index (χ1n) is 9.05. The van der Waals surface area contributed by atoms with Gasteiger partial charge < -0.3 is 20.4 Å².